The van der Waals surface area contributed by atoms with Gasteiger partial charge in [0.1, 0.15) is 5.82 Å². The second-order valence-electron chi connectivity index (χ2n) is 6.66. The molecule has 1 heterocycles. The van der Waals surface area contributed by atoms with E-state index >= 15 is 0 Å². The van der Waals surface area contributed by atoms with Crippen molar-refractivity contribution in [2.24, 2.45) is 5.92 Å². The summed E-state index contributed by atoms with van der Waals surface area (Å²) in [5, 5.41) is 12.0. The van der Waals surface area contributed by atoms with Crippen molar-refractivity contribution in [1.82, 2.24) is 0 Å². The first-order chi connectivity index (χ1) is 12.5. The van der Waals surface area contributed by atoms with Gasteiger partial charge in [0, 0.05) is 13.1 Å². The number of piperidine rings is 1. The second kappa shape index (κ2) is 7.56. The molecule has 2 aromatic carbocycles. The van der Waals surface area contributed by atoms with E-state index in [2.05, 4.69) is 17.1 Å². The maximum atomic E-state index is 13.9. The third-order valence-corrected chi connectivity index (χ3v) is 4.61. The molecule has 0 aliphatic carbocycles. The number of benzene rings is 2. The molecule has 0 radical (unpaired) electrons. The lowest BCUT2D eigenvalue weighted by molar-refractivity contribution is 0.0696. The van der Waals surface area contributed by atoms with Gasteiger partial charge in [0.05, 0.1) is 22.5 Å². The number of carbonyl (C=O) groups excluding carboxylic acids is 1. The fraction of sp³-hybridized carbons (Fsp3) is 0.300. The van der Waals surface area contributed by atoms with Gasteiger partial charge < -0.3 is 15.3 Å². The zero-order valence-electron chi connectivity index (χ0n) is 14.5. The maximum absolute atomic E-state index is 13.9. The number of carboxylic acids is 1. The molecule has 1 fully saturated rings. The zero-order chi connectivity index (χ0) is 18.7. The number of nitrogens with zero attached hydrogens (tertiary/aromatic N) is 1. The van der Waals surface area contributed by atoms with E-state index in [4.69, 9.17) is 0 Å². The molecule has 0 unspecified atom stereocenters. The SMILES string of the molecule is C[C@@H]1CCCN(c2ccc(C(=O)O)cc2NC(=O)c2ccccc2F)C1. The summed E-state index contributed by atoms with van der Waals surface area (Å²) in [7, 11) is 0. The topological polar surface area (TPSA) is 69.6 Å². The molecule has 0 bridgehead atoms. The average molecular weight is 356 g/mol. The van der Waals surface area contributed by atoms with E-state index < -0.39 is 17.7 Å². The lowest BCUT2D eigenvalue weighted by atomic mass is 9.99. The fourth-order valence-corrected chi connectivity index (χ4v) is 3.29. The Hall–Kier alpha value is -2.89. The summed E-state index contributed by atoms with van der Waals surface area (Å²) in [6.07, 6.45) is 2.17. The first-order valence-electron chi connectivity index (χ1n) is 8.64. The highest BCUT2D eigenvalue weighted by atomic mass is 19.1. The molecule has 6 heteroatoms. The molecular formula is C20H21FN2O3. The highest BCUT2D eigenvalue weighted by Crippen LogP contribution is 2.31. The van der Waals surface area contributed by atoms with Crippen LogP contribution in [0.15, 0.2) is 42.5 Å². The highest BCUT2D eigenvalue weighted by Gasteiger charge is 2.21. The molecule has 136 valence electrons. The number of carboxylic acid groups (broad SMARTS) is 1. The van der Waals surface area contributed by atoms with Crippen LogP contribution in [-0.4, -0.2) is 30.1 Å². The zero-order valence-corrected chi connectivity index (χ0v) is 14.5. The van der Waals surface area contributed by atoms with Gasteiger partial charge in [-0.25, -0.2) is 9.18 Å². The number of hydrogen-bond donors (Lipinski definition) is 2. The van der Waals surface area contributed by atoms with Crippen LogP contribution in [0.25, 0.3) is 0 Å². The van der Waals surface area contributed by atoms with Crippen LogP contribution < -0.4 is 10.2 Å². The molecule has 2 N–H and O–H groups in total. The number of amides is 1. The number of halogens is 1. The highest BCUT2D eigenvalue weighted by molar-refractivity contribution is 6.07. The lowest BCUT2D eigenvalue weighted by Crippen LogP contribution is -2.35. The molecule has 0 saturated carbocycles. The van der Waals surface area contributed by atoms with E-state index in [1.807, 2.05) is 0 Å². The monoisotopic (exact) mass is 356 g/mol. The molecule has 1 aliphatic heterocycles. The molecule has 26 heavy (non-hydrogen) atoms. The van der Waals surface area contributed by atoms with Gasteiger partial charge in [-0.2, -0.15) is 0 Å². The number of aromatic carboxylic acids is 1. The Morgan fingerprint density at radius 1 is 1.23 bits per heavy atom. The first kappa shape index (κ1) is 17.9. The number of anilines is 2. The third kappa shape index (κ3) is 3.85. The van der Waals surface area contributed by atoms with Crippen molar-refractivity contribution in [3.63, 3.8) is 0 Å². The fourth-order valence-electron chi connectivity index (χ4n) is 3.29. The van der Waals surface area contributed by atoms with Crippen LogP contribution >= 0.6 is 0 Å². The largest absolute Gasteiger partial charge is 0.478 e. The van der Waals surface area contributed by atoms with Gasteiger partial charge in [0.25, 0.3) is 5.91 Å². The van der Waals surface area contributed by atoms with Gasteiger partial charge in [-0.05, 0) is 49.1 Å². The van der Waals surface area contributed by atoms with E-state index in [9.17, 15) is 19.1 Å². The van der Waals surface area contributed by atoms with Crippen LogP contribution in [-0.2, 0) is 0 Å². The second-order valence-corrected chi connectivity index (χ2v) is 6.66. The Balaban J connectivity index is 1.95. The Bertz CT molecular complexity index is 838. The third-order valence-electron chi connectivity index (χ3n) is 4.61. The number of rotatable bonds is 4. The van der Waals surface area contributed by atoms with Gasteiger partial charge in [0.2, 0.25) is 0 Å². The molecule has 3 rings (SSSR count). The number of nitrogens with one attached hydrogen (secondary N) is 1. The van der Waals surface area contributed by atoms with Gasteiger partial charge in [-0.3, -0.25) is 4.79 Å². The summed E-state index contributed by atoms with van der Waals surface area (Å²) < 4.78 is 13.9. The summed E-state index contributed by atoms with van der Waals surface area (Å²) in [5.74, 6) is -1.78. The van der Waals surface area contributed by atoms with Crippen molar-refractivity contribution in [3.05, 3.63) is 59.4 Å². The minimum Gasteiger partial charge on any atom is -0.478 e. The van der Waals surface area contributed by atoms with Crippen molar-refractivity contribution in [2.45, 2.75) is 19.8 Å². The van der Waals surface area contributed by atoms with Crippen LogP contribution in [0.5, 0.6) is 0 Å². The number of hydrogen-bond acceptors (Lipinski definition) is 3. The van der Waals surface area contributed by atoms with E-state index in [1.165, 1.54) is 30.3 Å². The average Bonchev–Trinajstić information content (AvgIpc) is 2.62. The molecule has 1 aliphatic rings. The quantitative estimate of drug-likeness (QED) is 0.868. The summed E-state index contributed by atoms with van der Waals surface area (Å²) >= 11 is 0. The molecule has 1 atom stereocenters. The van der Waals surface area contributed by atoms with E-state index in [0.29, 0.717) is 11.6 Å². The predicted molar refractivity (Wildman–Crippen MR) is 98.4 cm³/mol. The molecule has 1 amide bonds. The minimum absolute atomic E-state index is 0.0719. The van der Waals surface area contributed by atoms with Crippen LogP contribution in [0.4, 0.5) is 15.8 Å². The molecular weight excluding hydrogens is 335 g/mol. The minimum atomic E-state index is -1.08. The molecule has 0 spiro atoms. The Kier molecular flexibility index (Phi) is 5.21. The van der Waals surface area contributed by atoms with E-state index in [1.54, 1.807) is 12.1 Å². The smallest absolute Gasteiger partial charge is 0.335 e. The normalized spacial score (nSPS) is 17.0. The summed E-state index contributed by atoms with van der Waals surface area (Å²) in [6, 6.07) is 10.4. The Morgan fingerprint density at radius 2 is 2.00 bits per heavy atom. The van der Waals surface area contributed by atoms with Crippen LogP contribution in [0.1, 0.15) is 40.5 Å². The number of carbonyl (C=O) groups is 2. The maximum Gasteiger partial charge on any atom is 0.335 e. The van der Waals surface area contributed by atoms with E-state index in [-0.39, 0.29) is 11.1 Å². The predicted octanol–water partition coefficient (Wildman–Crippen LogP) is 4.01. The Labute approximate surface area is 151 Å². The molecule has 2 aromatic rings. The van der Waals surface area contributed by atoms with Gasteiger partial charge in [0.15, 0.2) is 0 Å². The van der Waals surface area contributed by atoms with E-state index in [0.717, 1.165) is 31.6 Å². The summed E-state index contributed by atoms with van der Waals surface area (Å²) in [4.78, 5) is 26.0. The van der Waals surface area contributed by atoms with Crippen molar-refractivity contribution in [2.75, 3.05) is 23.3 Å². The van der Waals surface area contributed by atoms with Gasteiger partial charge in [-0.15, -0.1) is 0 Å². The van der Waals surface area contributed by atoms with Gasteiger partial charge >= 0.3 is 5.97 Å². The standard InChI is InChI=1S/C20H21FN2O3/c1-13-5-4-10-23(12-13)18-9-8-14(20(25)26)11-17(18)22-19(24)15-6-2-3-7-16(15)21/h2-3,6-9,11,13H,4-5,10,12H2,1H3,(H,22,24)(H,25,26)/t13-/m1/s1. The van der Waals surface area contributed by atoms with Crippen molar-refractivity contribution in [1.29, 1.82) is 0 Å². The summed E-state index contributed by atoms with van der Waals surface area (Å²) in [5.41, 5.74) is 1.13. The van der Waals surface area contributed by atoms with Crippen molar-refractivity contribution < 1.29 is 19.1 Å². The van der Waals surface area contributed by atoms with Crippen LogP contribution in [0.2, 0.25) is 0 Å². The van der Waals surface area contributed by atoms with Crippen LogP contribution in [0, 0.1) is 11.7 Å². The molecule has 1 saturated heterocycles. The van der Waals surface area contributed by atoms with Crippen LogP contribution in [0.3, 0.4) is 0 Å². The first-order valence-corrected chi connectivity index (χ1v) is 8.64. The van der Waals surface area contributed by atoms with Crippen molar-refractivity contribution >= 4 is 23.3 Å². The molecule has 5 nitrogen and oxygen atoms in total. The lowest BCUT2D eigenvalue weighted by Gasteiger charge is -2.34. The van der Waals surface area contributed by atoms with Crippen molar-refractivity contribution in [3.8, 4) is 0 Å². The molecule has 0 aromatic heterocycles. The van der Waals surface area contributed by atoms with Gasteiger partial charge in [-0.1, -0.05) is 19.1 Å². The summed E-state index contributed by atoms with van der Waals surface area (Å²) in [6.45, 7) is 3.82. The Morgan fingerprint density at radius 3 is 2.69 bits per heavy atom.